The number of H-pyrrole nitrogens is 1. The Labute approximate surface area is 91.7 Å². The monoisotopic (exact) mass is 207 g/mol. The second kappa shape index (κ2) is 6.87. The van der Waals surface area contributed by atoms with E-state index < -0.39 is 0 Å². The van der Waals surface area contributed by atoms with Crippen molar-refractivity contribution in [3.8, 4) is 0 Å². The Morgan fingerprint density at radius 3 is 2.33 bits per heavy atom. The first-order valence-electron chi connectivity index (χ1n) is 5.47. The lowest BCUT2D eigenvalue weighted by Gasteiger charge is -1.91. The number of aromatic amines is 1. The van der Waals surface area contributed by atoms with Crippen LogP contribution >= 0.6 is 0 Å². The van der Waals surface area contributed by atoms with Gasteiger partial charge in [-0.25, -0.2) is 0 Å². The summed E-state index contributed by atoms with van der Waals surface area (Å²) in [4.78, 5) is 0. The fraction of sp³-hybridized carbons (Fsp3) is 0.417. The molecule has 2 aromatic rings. The third-order valence-corrected chi connectivity index (χ3v) is 1.75. The van der Waals surface area contributed by atoms with E-state index in [0.29, 0.717) is 5.82 Å². The second-order valence-electron chi connectivity index (χ2n) is 2.66. The van der Waals surface area contributed by atoms with Gasteiger partial charge < -0.3 is 5.73 Å². The van der Waals surface area contributed by atoms with Crippen molar-refractivity contribution in [3.05, 3.63) is 23.8 Å². The van der Waals surface area contributed by atoms with Gasteiger partial charge in [0.1, 0.15) is 0 Å². The molecule has 1 heterocycles. The van der Waals surface area contributed by atoms with Crippen LogP contribution in [0.15, 0.2) is 18.2 Å². The van der Waals surface area contributed by atoms with Gasteiger partial charge in [-0.2, -0.15) is 5.10 Å². The predicted molar refractivity (Wildman–Crippen MR) is 67.9 cm³/mol. The maximum absolute atomic E-state index is 5.60. The summed E-state index contributed by atoms with van der Waals surface area (Å²) in [5.74, 6) is 0.573. The van der Waals surface area contributed by atoms with E-state index >= 15 is 0 Å². The van der Waals surface area contributed by atoms with Crippen LogP contribution in [0.3, 0.4) is 0 Å². The van der Waals surface area contributed by atoms with Gasteiger partial charge in [0, 0.05) is 5.39 Å². The third-order valence-electron chi connectivity index (χ3n) is 1.75. The first-order valence-corrected chi connectivity index (χ1v) is 5.47. The normalized spacial score (nSPS) is 8.60. The molecule has 0 unspecified atom stereocenters. The van der Waals surface area contributed by atoms with E-state index in [-0.39, 0.29) is 0 Å². The highest BCUT2D eigenvalue weighted by molar-refractivity contribution is 5.88. The van der Waals surface area contributed by atoms with Gasteiger partial charge in [0.25, 0.3) is 0 Å². The van der Waals surface area contributed by atoms with Crippen LogP contribution in [0.5, 0.6) is 0 Å². The number of anilines is 1. The lowest BCUT2D eigenvalue weighted by molar-refractivity contribution is 1.13. The molecule has 0 amide bonds. The molecule has 3 nitrogen and oxygen atoms in total. The Hall–Kier alpha value is -1.51. The molecule has 1 aromatic heterocycles. The van der Waals surface area contributed by atoms with Crippen LogP contribution in [0.1, 0.15) is 33.3 Å². The van der Waals surface area contributed by atoms with Gasteiger partial charge in [0.15, 0.2) is 5.82 Å². The zero-order chi connectivity index (χ0) is 11.8. The number of hydrogen-bond donors (Lipinski definition) is 2. The minimum Gasteiger partial charge on any atom is -0.382 e. The van der Waals surface area contributed by atoms with Crippen LogP contribution in [0.4, 0.5) is 5.82 Å². The minimum absolute atomic E-state index is 0.573. The summed E-state index contributed by atoms with van der Waals surface area (Å²) < 4.78 is 0. The van der Waals surface area contributed by atoms with Gasteiger partial charge in [0.2, 0.25) is 0 Å². The number of nitrogens with two attached hydrogens (primary N) is 1. The van der Waals surface area contributed by atoms with E-state index in [2.05, 4.69) is 10.2 Å². The highest BCUT2D eigenvalue weighted by atomic mass is 15.1. The molecule has 0 atom stereocenters. The van der Waals surface area contributed by atoms with E-state index in [1.54, 1.807) is 0 Å². The smallest absolute Gasteiger partial charge is 0.153 e. The topological polar surface area (TPSA) is 54.7 Å². The quantitative estimate of drug-likeness (QED) is 0.694. The van der Waals surface area contributed by atoms with Crippen LogP contribution in [-0.2, 0) is 0 Å². The molecule has 0 spiro atoms. The van der Waals surface area contributed by atoms with Gasteiger partial charge in [-0.3, -0.25) is 5.10 Å². The summed E-state index contributed by atoms with van der Waals surface area (Å²) >= 11 is 0. The summed E-state index contributed by atoms with van der Waals surface area (Å²) in [6.07, 6.45) is 0. The van der Waals surface area contributed by atoms with Crippen molar-refractivity contribution >= 4 is 16.7 Å². The molecule has 0 fully saturated rings. The lowest BCUT2D eigenvalue weighted by atomic mass is 10.2. The van der Waals surface area contributed by atoms with Crippen molar-refractivity contribution in [2.45, 2.75) is 34.6 Å². The number of aryl methyl sites for hydroxylation is 1. The zero-order valence-corrected chi connectivity index (χ0v) is 10.3. The third kappa shape index (κ3) is 3.27. The van der Waals surface area contributed by atoms with Gasteiger partial charge in [-0.15, -0.1) is 0 Å². The largest absolute Gasteiger partial charge is 0.382 e. The standard InChI is InChI=1S/C8H9N3.2C2H6/c1-5-2-3-7-6(4-5)8(9)11-10-7;2*1-2/h2-4H,1H3,(H3,9,10,11);2*1-2H3. The molecule has 0 saturated carbocycles. The fourth-order valence-electron chi connectivity index (χ4n) is 1.15. The van der Waals surface area contributed by atoms with Crippen LogP contribution in [0.2, 0.25) is 0 Å². The number of nitrogens with one attached hydrogen (secondary N) is 1. The van der Waals surface area contributed by atoms with Crippen molar-refractivity contribution in [2.75, 3.05) is 5.73 Å². The van der Waals surface area contributed by atoms with Gasteiger partial charge >= 0.3 is 0 Å². The molecule has 84 valence electrons. The number of nitrogens with zero attached hydrogens (tertiary/aromatic N) is 1. The van der Waals surface area contributed by atoms with Crippen LogP contribution in [0, 0.1) is 6.92 Å². The summed E-state index contributed by atoms with van der Waals surface area (Å²) in [6, 6.07) is 6.03. The summed E-state index contributed by atoms with van der Waals surface area (Å²) in [5, 5.41) is 7.73. The number of nitrogen functional groups attached to an aromatic ring is 1. The number of hydrogen-bond acceptors (Lipinski definition) is 2. The van der Waals surface area contributed by atoms with E-state index in [0.717, 1.165) is 10.9 Å². The van der Waals surface area contributed by atoms with E-state index in [1.807, 2.05) is 52.8 Å². The van der Waals surface area contributed by atoms with Crippen LogP contribution in [-0.4, -0.2) is 10.2 Å². The van der Waals surface area contributed by atoms with Crippen LogP contribution < -0.4 is 5.73 Å². The molecule has 1 aromatic carbocycles. The van der Waals surface area contributed by atoms with Crippen molar-refractivity contribution in [1.82, 2.24) is 10.2 Å². The maximum Gasteiger partial charge on any atom is 0.153 e. The maximum atomic E-state index is 5.60. The highest BCUT2D eigenvalue weighted by Crippen LogP contribution is 2.18. The Morgan fingerprint density at radius 1 is 1.13 bits per heavy atom. The Bertz CT molecular complexity index is 391. The van der Waals surface area contributed by atoms with E-state index in [4.69, 9.17) is 5.73 Å². The molecule has 2 rings (SSSR count). The summed E-state index contributed by atoms with van der Waals surface area (Å²) in [7, 11) is 0. The average Bonchev–Trinajstić information content (AvgIpc) is 2.66. The van der Waals surface area contributed by atoms with Crippen molar-refractivity contribution in [3.63, 3.8) is 0 Å². The average molecular weight is 207 g/mol. The number of rotatable bonds is 0. The number of aromatic nitrogens is 2. The first kappa shape index (κ1) is 13.5. The highest BCUT2D eigenvalue weighted by Gasteiger charge is 1.99. The van der Waals surface area contributed by atoms with Crippen molar-refractivity contribution < 1.29 is 0 Å². The fourth-order valence-corrected chi connectivity index (χ4v) is 1.15. The molecule has 3 N–H and O–H groups in total. The Balaban J connectivity index is 0.000000442. The minimum atomic E-state index is 0.573. The zero-order valence-electron chi connectivity index (χ0n) is 10.3. The van der Waals surface area contributed by atoms with Crippen molar-refractivity contribution in [1.29, 1.82) is 0 Å². The van der Waals surface area contributed by atoms with Gasteiger partial charge in [-0.05, 0) is 19.1 Å². The summed E-state index contributed by atoms with van der Waals surface area (Å²) in [5.41, 5.74) is 7.80. The van der Waals surface area contributed by atoms with Crippen molar-refractivity contribution in [2.24, 2.45) is 0 Å². The van der Waals surface area contributed by atoms with Gasteiger partial charge in [0.05, 0.1) is 5.52 Å². The predicted octanol–water partition coefficient (Wildman–Crippen LogP) is 3.51. The summed E-state index contributed by atoms with van der Waals surface area (Å²) in [6.45, 7) is 10.0. The first-order chi connectivity index (χ1) is 7.27. The molecular weight excluding hydrogens is 186 g/mol. The molecule has 0 radical (unpaired) electrons. The Kier molecular flexibility index (Phi) is 6.18. The molecule has 3 heteroatoms. The van der Waals surface area contributed by atoms with Gasteiger partial charge in [-0.1, -0.05) is 39.3 Å². The second-order valence-corrected chi connectivity index (χ2v) is 2.66. The Morgan fingerprint density at radius 2 is 1.73 bits per heavy atom. The number of benzene rings is 1. The molecule has 0 bridgehead atoms. The van der Waals surface area contributed by atoms with E-state index in [1.165, 1.54) is 5.56 Å². The molecular formula is C12H21N3. The van der Waals surface area contributed by atoms with Crippen LogP contribution in [0.25, 0.3) is 10.9 Å². The van der Waals surface area contributed by atoms with E-state index in [9.17, 15) is 0 Å². The SMILES string of the molecule is CC.CC.Cc1ccc2[nH]nc(N)c2c1. The molecule has 0 aliphatic rings. The number of fused-ring (bicyclic) bond motifs is 1. The lowest BCUT2D eigenvalue weighted by Crippen LogP contribution is -1.83. The molecule has 15 heavy (non-hydrogen) atoms. The molecule has 0 aliphatic carbocycles. The molecule has 0 saturated heterocycles. The molecule has 0 aliphatic heterocycles.